The predicted octanol–water partition coefficient (Wildman–Crippen LogP) is 2.79. The zero-order valence-corrected chi connectivity index (χ0v) is 7.54. The third-order valence-electron chi connectivity index (χ3n) is 2.37. The first-order chi connectivity index (χ1) is 6.48. The maximum Gasteiger partial charge on any atom is 0.412 e. The molecule has 0 radical (unpaired) electrons. The molecule has 76 valence electrons. The van der Waals surface area contributed by atoms with E-state index in [1.54, 1.807) is 17.8 Å². The Morgan fingerprint density at radius 1 is 1.50 bits per heavy atom. The molecule has 0 N–H and O–H groups in total. The maximum absolute atomic E-state index is 12.4. The molecule has 0 aromatic carbocycles. The van der Waals surface area contributed by atoms with Gasteiger partial charge in [0.1, 0.15) is 0 Å². The SMILES string of the molecule is CC1CC(C(F)(F)F)=Cc2cncn21. The van der Waals surface area contributed by atoms with Crippen molar-refractivity contribution in [2.24, 2.45) is 0 Å². The van der Waals surface area contributed by atoms with E-state index in [1.807, 2.05) is 0 Å². The summed E-state index contributed by atoms with van der Waals surface area (Å²) in [5, 5.41) is 0. The molecule has 0 aliphatic carbocycles. The number of imidazole rings is 1. The molecule has 0 spiro atoms. The molecular weight excluding hydrogens is 193 g/mol. The number of alkyl halides is 3. The van der Waals surface area contributed by atoms with Crippen molar-refractivity contribution in [1.29, 1.82) is 0 Å². The molecule has 0 saturated heterocycles. The van der Waals surface area contributed by atoms with Gasteiger partial charge in [0.05, 0.1) is 18.2 Å². The number of halogens is 3. The first-order valence-electron chi connectivity index (χ1n) is 4.28. The van der Waals surface area contributed by atoms with Gasteiger partial charge in [0, 0.05) is 11.6 Å². The van der Waals surface area contributed by atoms with Crippen LogP contribution >= 0.6 is 0 Å². The van der Waals surface area contributed by atoms with E-state index in [0.29, 0.717) is 5.69 Å². The molecule has 1 aromatic rings. The standard InChI is InChI=1S/C9H9F3N2/c1-6-2-7(9(10,11)12)3-8-4-13-5-14(6)8/h3-6H,2H2,1H3. The van der Waals surface area contributed by atoms with Crippen molar-refractivity contribution in [3.63, 3.8) is 0 Å². The molecule has 1 aliphatic heterocycles. The van der Waals surface area contributed by atoms with Gasteiger partial charge in [-0.25, -0.2) is 4.98 Å². The number of fused-ring (bicyclic) bond motifs is 1. The molecule has 1 unspecified atom stereocenters. The van der Waals surface area contributed by atoms with Gasteiger partial charge < -0.3 is 4.57 Å². The lowest BCUT2D eigenvalue weighted by Gasteiger charge is -2.23. The summed E-state index contributed by atoms with van der Waals surface area (Å²) in [5.41, 5.74) is 0.0501. The predicted molar refractivity (Wildman–Crippen MR) is 45.6 cm³/mol. The summed E-state index contributed by atoms with van der Waals surface area (Å²) < 4.78 is 39.0. The number of allylic oxidation sites excluding steroid dienone is 1. The van der Waals surface area contributed by atoms with E-state index in [9.17, 15) is 13.2 Å². The summed E-state index contributed by atoms with van der Waals surface area (Å²) in [6, 6.07) is -0.172. The van der Waals surface area contributed by atoms with Crippen LogP contribution in [0.1, 0.15) is 25.1 Å². The first-order valence-corrected chi connectivity index (χ1v) is 4.28. The van der Waals surface area contributed by atoms with Crippen LogP contribution in [0.4, 0.5) is 13.2 Å². The lowest BCUT2D eigenvalue weighted by Crippen LogP contribution is -2.20. The average Bonchev–Trinajstić information content (AvgIpc) is 2.50. The molecule has 5 heteroatoms. The lowest BCUT2D eigenvalue weighted by atomic mass is 10.0. The quantitative estimate of drug-likeness (QED) is 0.632. The fraction of sp³-hybridized carbons (Fsp3) is 0.444. The van der Waals surface area contributed by atoms with Crippen LogP contribution in [0.25, 0.3) is 6.08 Å². The molecule has 2 rings (SSSR count). The van der Waals surface area contributed by atoms with E-state index < -0.39 is 11.7 Å². The third-order valence-corrected chi connectivity index (χ3v) is 2.37. The van der Waals surface area contributed by atoms with Gasteiger partial charge in [-0.15, -0.1) is 0 Å². The summed E-state index contributed by atoms with van der Waals surface area (Å²) in [6.45, 7) is 1.75. The second kappa shape index (κ2) is 2.87. The van der Waals surface area contributed by atoms with Crippen LogP contribution in [0, 0.1) is 0 Å². The van der Waals surface area contributed by atoms with E-state index in [-0.39, 0.29) is 12.5 Å². The topological polar surface area (TPSA) is 17.8 Å². The Bertz CT molecular complexity index is 376. The minimum atomic E-state index is -4.22. The molecule has 1 atom stereocenters. The molecule has 2 nitrogen and oxygen atoms in total. The zero-order valence-electron chi connectivity index (χ0n) is 7.54. The van der Waals surface area contributed by atoms with E-state index in [0.717, 1.165) is 6.08 Å². The number of nitrogens with zero attached hydrogens (tertiary/aromatic N) is 2. The highest BCUT2D eigenvalue weighted by molar-refractivity contribution is 5.52. The van der Waals surface area contributed by atoms with Crippen molar-refractivity contribution in [3.05, 3.63) is 23.8 Å². The zero-order chi connectivity index (χ0) is 10.3. The highest BCUT2D eigenvalue weighted by atomic mass is 19.4. The number of rotatable bonds is 0. The fourth-order valence-electron chi connectivity index (χ4n) is 1.65. The van der Waals surface area contributed by atoms with Crippen molar-refractivity contribution >= 4 is 6.08 Å². The number of hydrogen-bond acceptors (Lipinski definition) is 1. The summed E-state index contributed by atoms with van der Waals surface area (Å²) in [7, 11) is 0. The second-order valence-electron chi connectivity index (χ2n) is 3.45. The van der Waals surface area contributed by atoms with Gasteiger partial charge in [0.25, 0.3) is 0 Å². The van der Waals surface area contributed by atoms with Crippen molar-refractivity contribution in [3.8, 4) is 0 Å². The van der Waals surface area contributed by atoms with E-state index in [2.05, 4.69) is 4.98 Å². The Labute approximate surface area is 79.1 Å². The maximum atomic E-state index is 12.4. The van der Waals surface area contributed by atoms with Crippen LogP contribution in [-0.4, -0.2) is 15.7 Å². The second-order valence-corrected chi connectivity index (χ2v) is 3.45. The highest BCUT2D eigenvalue weighted by Gasteiger charge is 2.36. The average molecular weight is 202 g/mol. The van der Waals surface area contributed by atoms with Gasteiger partial charge >= 0.3 is 6.18 Å². The molecule has 2 heterocycles. The first kappa shape index (κ1) is 9.30. The van der Waals surface area contributed by atoms with E-state index in [4.69, 9.17) is 0 Å². The van der Waals surface area contributed by atoms with Crippen LogP contribution in [0.5, 0.6) is 0 Å². The molecule has 0 saturated carbocycles. The van der Waals surface area contributed by atoms with Crippen molar-refractivity contribution < 1.29 is 13.2 Å². The Kier molecular flexibility index (Phi) is 1.90. The summed E-state index contributed by atoms with van der Waals surface area (Å²) >= 11 is 0. The molecular formula is C9H9F3N2. The Morgan fingerprint density at radius 2 is 2.21 bits per heavy atom. The van der Waals surface area contributed by atoms with Gasteiger partial charge in [-0.1, -0.05) is 0 Å². The molecule has 0 bridgehead atoms. The minimum Gasteiger partial charge on any atom is -0.328 e. The van der Waals surface area contributed by atoms with Gasteiger partial charge in [0.15, 0.2) is 0 Å². The molecule has 0 amide bonds. The smallest absolute Gasteiger partial charge is 0.328 e. The van der Waals surface area contributed by atoms with E-state index >= 15 is 0 Å². The van der Waals surface area contributed by atoms with Crippen molar-refractivity contribution in [2.75, 3.05) is 0 Å². The molecule has 14 heavy (non-hydrogen) atoms. The lowest BCUT2D eigenvalue weighted by molar-refractivity contribution is -0.0944. The Morgan fingerprint density at radius 3 is 2.86 bits per heavy atom. The van der Waals surface area contributed by atoms with Gasteiger partial charge in [0.2, 0.25) is 0 Å². The molecule has 1 aliphatic rings. The van der Waals surface area contributed by atoms with Crippen LogP contribution in [0.2, 0.25) is 0 Å². The fourth-order valence-corrected chi connectivity index (χ4v) is 1.65. The number of hydrogen-bond donors (Lipinski definition) is 0. The summed E-state index contributed by atoms with van der Waals surface area (Å²) in [4.78, 5) is 3.82. The highest BCUT2D eigenvalue weighted by Crippen LogP contribution is 2.36. The van der Waals surface area contributed by atoms with Crippen LogP contribution in [0.15, 0.2) is 18.1 Å². The van der Waals surface area contributed by atoms with Crippen LogP contribution in [-0.2, 0) is 0 Å². The minimum absolute atomic E-state index is 0.0207. The van der Waals surface area contributed by atoms with Crippen molar-refractivity contribution in [2.45, 2.75) is 25.6 Å². The summed E-state index contributed by atoms with van der Waals surface area (Å²) in [6.07, 6.45) is -0.0330. The van der Waals surface area contributed by atoms with Crippen LogP contribution < -0.4 is 0 Å². The normalized spacial score (nSPS) is 21.7. The summed E-state index contributed by atoms with van der Waals surface area (Å²) in [5.74, 6) is 0. The van der Waals surface area contributed by atoms with Gasteiger partial charge in [-0.05, 0) is 19.4 Å². The van der Waals surface area contributed by atoms with Gasteiger partial charge in [-0.2, -0.15) is 13.2 Å². The largest absolute Gasteiger partial charge is 0.412 e. The van der Waals surface area contributed by atoms with Crippen LogP contribution in [0.3, 0.4) is 0 Å². The Hall–Kier alpha value is -1.26. The third kappa shape index (κ3) is 1.42. The molecule has 0 fully saturated rings. The number of aromatic nitrogens is 2. The Balaban J connectivity index is 2.43. The van der Waals surface area contributed by atoms with Gasteiger partial charge in [-0.3, -0.25) is 0 Å². The van der Waals surface area contributed by atoms with Crippen molar-refractivity contribution in [1.82, 2.24) is 9.55 Å². The van der Waals surface area contributed by atoms with E-state index in [1.165, 1.54) is 6.20 Å². The molecule has 1 aromatic heterocycles. The monoisotopic (exact) mass is 202 g/mol.